The molecule has 0 aliphatic heterocycles. The normalized spacial score (nSPS) is 11.4. The Kier molecular flexibility index (Phi) is 9.70. The van der Waals surface area contributed by atoms with Gasteiger partial charge in [0.05, 0.1) is 20.3 Å². The van der Waals surface area contributed by atoms with E-state index in [1.807, 2.05) is 48.5 Å². The highest BCUT2D eigenvalue weighted by Crippen LogP contribution is 2.35. The predicted octanol–water partition coefficient (Wildman–Crippen LogP) is 6.54. The van der Waals surface area contributed by atoms with E-state index in [1.165, 1.54) is 11.8 Å². The van der Waals surface area contributed by atoms with E-state index in [4.69, 9.17) is 26.1 Å². The number of aromatic nitrogens is 3. The van der Waals surface area contributed by atoms with E-state index in [9.17, 15) is 5.26 Å². The number of pyridine rings is 1. The summed E-state index contributed by atoms with van der Waals surface area (Å²) in [4.78, 5) is 17.9. The molecule has 0 radical (unpaired) electrons. The largest absolute Gasteiger partial charge is 0.497 e. The summed E-state index contributed by atoms with van der Waals surface area (Å²) in [6.45, 7) is 3.31. The van der Waals surface area contributed by atoms with Gasteiger partial charge in [0.25, 0.3) is 0 Å². The standard InChI is InChI=1S/C30H31ClN6O2S/c1-20(36(2)29-26(17-32)27(31)34-30(35-29)40-5)25-7-6-16-33-28(25)37(18-21-8-12-23(38-3)13-9-21)19-22-10-14-24(39-4)15-11-22/h6-16,20H,18-19H2,1-5H3/t20-/m1/s1. The van der Waals surface area contributed by atoms with E-state index >= 15 is 0 Å². The van der Waals surface area contributed by atoms with Gasteiger partial charge in [0.15, 0.2) is 16.1 Å². The smallest absolute Gasteiger partial charge is 0.190 e. The van der Waals surface area contributed by atoms with Gasteiger partial charge in [0, 0.05) is 31.9 Å². The van der Waals surface area contributed by atoms with E-state index in [-0.39, 0.29) is 16.8 Å². The van der Waals surface area contributed by atoms with Crippen molar-refractivity contribution in [3.05, 3.63) is 94.3 Å². The maximum absolute atomic E-state index is 9.82. The Morgan fingerprint density at radius 3 is 2.00 bits per heavy atom. The first-order valence-electron chi connectivity index (χ1n) is 12.6. The first-order chi connectivity index (χ1) is 19.4. The van der Waals surface area contributed by atoms with Gasteiger partial charge in [-0.3, -0.25) is 0 Å². The summed E-state index contributed by atoms with van der Waals surface area (Å²) in [5.41, 5.74) is 3.46. The molecule has 10 heteroatoms. The van der Waals surface area contributed by atoms with Gasteiger partial charge >= 0.3 is 0 Å². The third kappa shape index (κ3) is 6.58. The lowest BCUT2D eigenvalue weighted by molar-refractivity contribution is 0.414. The number of methoxy groups -OCH3 is 2. The molecule has 0 saturated carbocycles. The van der Waals surface area contributed by atoms with Crippen molar-refractivity contribution in [2.45, 2.75) is 31.2 Å². The Hall–Kier alpha value is -4.00. The van der Waals surface area contributed by atoms with Crippen molar-refractivity contribution >= 4 is 35.0 Å². The molecule has 0 saturated heterocycles. The van der Waals surface area contributed by atoms with Crippen molar-refractivity contribution in [1.29, 1.82) is 5.26 Å². The van der Waals surface area contributed by atoms with E-state index in [0.29, 0.717) is 24.1 Å². The van der Waals surface area contributed by atoms with Gasteiger partial charge in [-0.25, -0.2) is 15.0 Å². The Labute approximate surface area is 244 Å². The molecule has 1 atom stereocenters. The van der Waals surface area contributed by atoms with Crippen molar-refractivity contribution in [3.8, 4) is 17.6 Å². The van der Waals surface area contributed by atoms with Gasteiger partial charge in [0.2, 0.25) is 0 Å². The number of halogens is 1. The zero-order valence-electron chi connectivity index (χ0n) is 23.1. The molecule has 4 aromatic rings. The molecule has 4 rings (SSSR count). The second-order valence-electron chi connectivity index (χ2n) is 9.07. The van der Waals surface area contributed by atoms with Crippen molar-refractivity contribution in [2.75, 3.05) is 37.3 Å². The lowest BCUT2D eigenvalue weighted by Gasteiger charge is -2.32. The molecule has 2 heterocycles. The van der Waals surface area contributed by atoms with Crippen LogP contribution < -0.4 is 19.3 Å². The Morgan fingerprint density at radius 1 is 0.925 bits per heavy atom. The van der Waals surface area contributed by atoms with Gasteiger partial charge < -0.3 is 19.3 Å². The Morgan fingerprint density at radius 2 is 1.50 bits per heavy atom. The summed E-state index contributed by atoms with van der Waals surface area (Å²) in [7, 11) is 5.23. The number of ether oxygens (including phenoxy) is 2. The van der Waals surface area contributed by atoms with Gasteiger partial charge in [0.1, 0.15) is 28.9 Å². The number of nitriles is 1. The molecule has 0 amide bonds. The van der Waals surface area contributed by atoms with Gasteiger partial charge in [-0.1, -0.05) is 53.7 Å². The Balaban J connectivity index is 1.74. The average Bonchev–Trinajstić information content (AvgIpc) is 3.00. The molecule has 2 aromatic heterocycles. The fourth-order valence-corrected chi connectivity index (χ4v) is 4.96. The van der Waals surface area contributed by atoms with Crippen LogP contribution in [0.3, 0.4) is 0 Å². The zero-order chi connectivity index (χ0) is 28.6. The monoisotopic (exact) mass is 574 g/mol. The number of hydrogen-bond acceptors (Lipinski definition) is 9. The summed E-state index contributed by atoms with van der Waals surface area (Å²) < 4.78 is 10.7. The van der Waals surface area contributed by atoms with Crippen LogP contribution in [0.15, 0.2) is 72.0 Å². The van der Waals surface area contributed by atoms with Crippen LogP contribution in [0, 0.1) is 11.3 Å². The minimum absolute atomic E-state index is 0.142. The molecule has 0 spiro atoms. The molecule has 40 heavy (non-hydrogen) atoms. The predicted molar refractivity (Wildman–Crippen MR) is 160 cm³/mol. The molecule has 0 unspecified atom stereocenters. The first-order valence-corrected chi connectivity index (χ1v) is 14.2. The van der Waals surface area contributed by atoms with Crippen LogP contribution in [-0.2, 0) is 13.1 Å². The van der Waals surface area contributed by atoms with Gasteiger partial charge in [-0.15, -0.1) is 0 Å². The second kappa shape index (κ2) is 13.4. The molecular formula is C30H31ClN6O2S. The highest BCUT2D eigenvalue weighted by molar-refractivity contribution is 7.98. The Bertz CT molecular complexity index is 1430. The van der Waals surface area contributed by atoms with E-state index < -0.39 is 0 Å². The quantitative estimate of drug-likeness (QED) is 0.112. The summed E-state index contributed by atoms with van der Waals surface area (Å²) in [6.07, 6.45) is 3.68. The van der Waals surface area contributed by atoms with Crippen molar-refractivity contribution in [3.63, 3.8) is 0 Å². The van der Waals surface area contributed by atoms with Crippen LogP contribution in [0.2, 0.25) is 5.15 Å². The average molecular weight is 575 g/mol. The second-order valence-corrected chi connectivity index (χ2v) is 10.2. The number of nitrogens with zero attached hydrogens (tertiary/aromatic N) is 6. The SMILES string of the molecule is COc1ccc(CN(Cc2ccc(OC)cc2)c2ncccc2[C@@H](C)N(C)c2nc(SC)nc(Cl)c2C#N)cc1. The molecule has 2 aromatic carbocycles. The summed E-state index contributed by atoms with van der Waals surface area (Å²) in [5, 5.41) is 10.5. The van der Waals surface area contributed by atoms with Crippen LogP contribution in [0.5, 0.6) is 11.5 Å². The van der Waals surface area contributed by atoms with E-state index in [2.05, 4.69) is 58.2 Å². The van der Waals surface area contributed by atoms with E-state index in [0.717, 1.165) is 34.0 Å². The molecule has 0 aliphatic rings. The van der Waals surface area contributed by atoms with Crippen molar-refractivity contribution in [1.82, 2.24) is 15.0 Å². The van der Waals surface area contributed by atoms with Crippen LogP contribution in [0.25, 0.3) is 0 Å². The number of anilines is 2. The minimum atomic E-state index is -0.189. The highest BCUT2D eigenvalue weighted by atomic mass is 35.5. The number of thioether (sulfide) groups is 1. The lowest BCUT2D eigenvalue weighted by atomic mass is 10.1. The molecule has 0 N–H and O–H groups in total. The van der Waals surface area contributed by atoms with Crippen molar-refractivity contribution < 1.29 is 9.47 Å². The molecule has 0 bridgehead atoms. The fourth-order valence-electron chi connectivity index (χ4n) is 4.35. The third-order valence-corrected chi connectivity index (χ3v) is 7.49. The van der Waals surface area contributed by atoms with Gasteiger partial charge in [-0.05, 0) is 54.6 Å². The molecular weight excluding hydrogens is 544 g/mol. The minimum Gasteiger partial charge on any atom is -0.497 e. The maximum Gasteiger partial charge on any atom is 0.190 e. The number of benzene rings is 2. The van der Waals surface area contributed by atoms with Crippen LogP contribution in [0.4, 0.5) is 11.6 Å². The topological polar surface area (TPSA) is 87.4 Å². The number of rotatable bonds is 11. The van der Waals surface area contributed by atoms with Crippen LogP contribution in [-0.4, -0.2) is 42.5 Å². The summed E-state index contributed by atoms with van der Waals surface area (Å²) in [6, 6.07) is 22.0. The van der Waals surface area contributed by atoms with Crippen molar-refractivity contribution in [2.24, 2.45) is 0 Å². The zero-order valence-corrected chi connectivity index (χ0v) is 24.7. The van der Waals surface area contributed by atoms with Gasteiger partial charge in [-0.2, -0.15) is 5.26 Å². The summed E-state index contributed by atoms with van der Waals surface area (Å²) >= 11 is 7.74. The maximum atomic E-state index is 9.82. The van der Waals surface area contributed by atoms with Crippen LogP contribution in [0.1, 0.15) is 35.2 Å². The van der Waals surface area contributed by atoms with Crippen LogP contribution >= 0.6 is 23.4 Å². The first kappa shape index (κ1) is 29.0. The molecule has 8 nitrogen and oxygen atoms in total. The third-order valence-electron chi connectivity index (χ3n) is 6.67. The lowest BCUT2D eigenvalue weighted by Crippen LogP contribution is -2.29. The number of hydrogen-bond donors (Lipinski definition) is 0. The highest BCUT2D eigenvalue weighted by Gasteiger charge is 2.25. The van der Waals surface area contributed by atoms with E-state index in [1.54, 1.807) is 20.4 Å². The fraction of sp³-hybridized carbons (Fsp3) is 0.267. The molecule has 206 valence electrons. The summed E-state index contributed by atoms with van der Waals surface area (Å²) in [5.74, 6) is 2.92. The molecule has 0 aliphatic carbocycles. The molecule has 0 fully saturated rings.